The molecular weight excluding hydrogens is 342 g/mol. The molecule has 3 nitrogen and oxygen atoms in total. The van der Waals surface area contributed by atoms with Crippen LogP contribution in [0.5, 0.6) is 0 Å². The number of amides is 1. The molecule has 118 valence electrons. The first-order chi connectivity index (χ1) is 10.5. The number of carbonyl (C=O) groups is 1. The van der Waals surface area contributed by atoms with Crippen molar-refractivity contribution in [1.82, 2.24) is 4.90 Å². The minimum Gasteiger partial charge on any atom is -0.464 e. The second-order valence-corrected chi connectivity index (χ2v) is 6.57. The standard InChI is InChI=1S/C18H22BrNO2/c1-13(2)20(12-16-10-8-14(3)22-16)18(21)11-9-15-6-4-5-7-17(15)19/h4-8,10,13H,9,11-12H2,1-3H3. The van der Waals surface area contributed by atoms with Gasteiger partial charge in [-0.2, -0.15) is 0 Å². The summed E-state index contributed by atoms with van der Waals surface area (Å²) in [7, 11) is 0. The lowest BCUT2D eigenvalue weighted by atomic mass is 10.1. The van der Waals surface area contributed by atoms with Gasteiger partial charge in [0.25, 0.3) is 0 Å². The second-order valence-electron chi connectivity index (χ2n) is 5.72. The van der Waals surface area contributed by atoms with Gasteiger partial charge >= 0.3 is 0 Å². The van der Waals surface area contributed by atoms with Crippen LogP contribution in [0.25, 0.3) is 0 Å². The molecule has 0 atom stereocenters. The number of carbonyl (C=O) groups excluding carboxylic acids is 1. The molecule has 0 spiro atoms. The quantitative estimate of drug-likeness (QED) is 0.743. The fourth-order valence-electron chi connectivity index (χ4n) is 2.38. The predicted octanol–water partition coefficient (Wildman–Crippen LogP) is 4.72. The van der Waals surface area contributed by atoms with Gasteiger partial charge in [0.05, 0.1) is 6.54 Å². The van der Waals surface area contributed by atoms with Gasteiger partial charge in [-0.15, -0.1) is 0 Å². The lowest BCUT2D eigenvalue weighted by Gasteiger charge is -2.26. The van der Waals surface area contributed by atoms with Crippen molar-refractivity contribution in [1.29, 1.82) is 0 Å². The van der Waals surface area contributed by atoms with Crippen LogP contribution in [0.4, 0.5) is 0 Å². The van der Waals surface area contributed by atoms with E-state index in [1.165, 1.54) is 0 Å². The van der Waals surface area contributed by atoms with Gasteiger partial charge in [-0.05, 0) is 51.0 Å². The number of halogens is 1. The first-order valence-electron chi connectivity index (χ1n) is 7.55. The molecule has 1 heterocycles. The third-order valence-electron chi connectivity index (χ3n) is 3.63. The molecule has 0 unspecified atom stereocenters. The highest BCUT2D eigenvalue weighted by Gasteiger charge is 2.18. The maximum Gasteiger partial charge on any atom is 0.223 e. The molecule has 0 aliphatic heterocycles. The summed E-state index contributed by atoms with van der Waals surface area (Å²) in [5.41, 5.74) is 1.16. The summed E-state index contributed by atoms with van der Waals surface area (Å²) in [5.74, 6) is 1.86. The maximum absolute atomic E-state index is 12.5. The molecule has 1 amide bonds. The Morgan fingerprint density at radius 2 is 1.95 bits per heavy atom. The Labute approximate surface area is 140 Å². The van der Waals surface area contributed by atoms with Gasteiger partial charge < -0.3 is 9.32 Å². The Hall–Kier alpha value is -1.55. The molecule has 2 aromatic rings. The first kappa shape index (κ1) is 16.8. The molecule has 22 heavy (non-hydrogen) atoms. The van der Waals surface area contributed by atoms with Gasteiger partial charge in [0.1, 0.15) is 11.5 Å². The van der Waals surface area contributed by atoms with Crippen molar-refractivity contribution in [2.24, 2.45) is 0 Å². The number of aryl methyl sites for hydroxylation is 2. The van der Waals surface area contributed by atoms with Gasteiger partial charge in [0.2, 0.25) is 5.91 Å². The summed E-state index contributed by atoms with van der Waals surface area (Å²) in [5, 5.41) is 0. The van der Waals surface area contributed by atoms with Crippen molar-refractivity contribution in [3.05, 3.63) is 58.0 Å². The monoisotopic (exact) mass is 363 g/mol. The van der Waals surface area contributed by atoms with Crippen LogP contribution in [-0.2, 0) is 17.8 Å². The Kier molecular flexibility index (Phi) is 5.83. The lowest BCUT2D eigenvalue weighted by Crippen LogP contribution is -2.36. The maximum atomic E-state index is 12.5. The Morgan fingerprint density at radius 1 is 1.23 bits per heavy atom. The summed E-state index contributed by atoms with van der Waals surface area (Å²) in [6, 6.07) is 12.0. The molecule has 0 aliphatic carbocycles. The van der Waals surface area contributed by atoms with Crippen molar-refractivity contribution in [2.45, 2.75) is 46.2 Å². The largest absolute Gasteiger partial charge is 0.464 e. The fraction of sp³-hybridized carbons (Fsp3) is 0.389. The van der Waals surface area contributed by atoms with E-state index in [9.17, 15) is 4.79 Å². The molecule has 0 N–H and O–H groups in total. The van der Waals surface area contributed by atoms with Crippen molar-refractivity contribution >= 4 is 21.8 Å². The predicted molar refractivity (Wildman–Crippen MR) is 91.6 cm³/mol. The molecular formula is C18H22BrNO2. The van der Waals surface area contributed by atoms with Crippen molar-refractivity contribution in [3.63, 3.8) is 0 Å². The zero-order chi connectivity index (χ0) is 16.1. The normalized spacial score (nSPS) is 11.0. The molecule has 0 fully saturated rings. The molecule has 2 rings (SSSR count). The highest BCUT2D eigenvalue weighted by atomic mass is 79.9. The van der Waals surface area contributed by atoms with Crippen LogP contribution in [0.1, 0.15) is 37.4 Å². The van der Waals surface area contributed by atoms with E-state index in [4.69, 9.17) is 4.42 Å². The summed E-state index contributed by atoms with van der Waals surface area (Å²) < 4.78 is 6.65. The van der Waals surface area contributed by atoms with E-state index in [0.29, 0.717) is 13.0 Å². The van der Waals surface area contributed by atoms with Crippen LogP contribution in [0.2, 0.25) is 0 Å². The molecule has 1 aromatic carbocycles. The average Bonchev–Trinajstić information content (AvgIpc) is 2.88. The van der Waals surface area contributed by atoms with E-state index in [0.717, 1.165) is 28.0 Å². The zero-order valence-corrected chi connectivity index (χ0v) is 14.9. The van der Waals surface area contributed by atoms with Gasteiger partial charge in [-0.3, -0.25) is 4.79 Å². The lowest BCUT2D eigenvalue weighted by molar-refractivity contribution is -0.133. The van der Waals surface area contributed by atoms with Crippen LogP contribution in [-0.4, -0.2) is 16.8 Å². The number of rotatable bonds is 6. The van der Waals surface area contributed by atoms with Crippen LogP contribution in [0.3, 0.4) is 0 Å². The van der Waals surface area contributed by atoms with E-state index >= 15 is 0 Å². The minimum atomic E-state index is 0.150. The van der Waals surface area contributed by atoms with Gasteiger partial charge in [-0.25, -0.2) is 0 Å². The third kappa shape index (κ3) is 4.47. The summed E-state index contributed by atoms with van der Waals surface area (Å²) in [4.78, 5) is 14.4. The van der Waals surface area contributed by atoms with E-state index < -0.39 is 0 Å². The summed E-state index contributed by atoms with van der Waals surface area (Å²) >= 11 is 3.53. The molecule has 0 bridgehead atoms. The Morgan fingerprint density at radius 3 is 2.55 bits per heavy atom. The Bertz CT molecular complexity index is 634. The van der Waals surface area contributed by atoms with Gasteiger partial charge in [0.15, 0.2) is 0 Å². The van der Waals surface area contributed by atoms with E-state index in [2.05, 4.69) is 15.9 Å². The average molecular weight is 364 g/mol. The van der Waals surface area contributed by atoms with Gasteiger partial charge in [0, 0.05) is 16.9 Å². The molecule has 0 aliphatic rings. The minimum absolute atomic E-state index is 0.150. The van der Waals surface area contributed by atoms with Crippen LogP contribution >= 0.6 is 15.9 Å². The van der Waals surface area contributed by atoms with Crippen LogP contribution < -0.4 is 0 Å². The Balaban J connectivity index is 1.99. The fourth-order valence-corrected chi connectivity index (χ4v) is 2.87. The van der Waals surface area contributed by atoms with E-state index in [-0.39, 0.29) is 11.9 Å². The molecule has 0 radical (unpaired) electrons. The second kappa shape index (κ2) is 7.63. The number of hydrogen-bond acceptors (Lipinski definition) is 2. The van der Waals surface area contributed by atoms with E-state index in [1.807, 2.05) is 62.1 Å². The smallest absolute Gasteiger partial charge is 0.223 e. The molecule has 1 aromatic heterocycles. The summed E-state index contributed by atoms with van der Waals surface area (Å²) in [6.45, 7) is 6.51. The zero-order valence-electron chi connectivity index (χ0n) is 13.3. The van der Waals surface area contributed by atoms with Crippen molar-refractivity contribution < 1.29 is 9.21 Å². The van der Waals surface area contributed by atoms with Crippen LogP contribution in [0.15, 0.2) is 45.3 Å². The summed E-state index contributed by atoms with van der Waals surface area (Å²) in [6.07, 6.45) is 1.24. The highest BCUT2D eigenvalue weighted by molar-refractivity contribution is 9.10. The number of benzene rings is 1. The first-order valence-corrected chi connectivity index (χ1v) is 8.35. The highest BCUT2D eigenvalue weighted by Crippen LogP contribution is 2.19. The van der Waals surface area contributed by atoms with Crippen LogP contribution in [0, 0.1) is 6.92 Å². The van der Waals surface area contributed by atoms with Crippen molar-refractivity contribution in [2.75, 3.05) is 0 Å². The molecule has 0 saturated heterocycles. The van der Waals surface area contributed by atoms with E-state index in [1.54, 1.807) is 0 Å². The topological polar surface area (TPSA) is 33.5 Å². The van der Waals surface area contributed by atoms with Gasteiger partial charge in [-0.1, -0.05) is 34.1 Å². The molecule has 0 saturated carbocycles. The number of furan rings is 1. The number of hydrogen-bond donors (Lipinski definition) is 0. The SMILES string of the molecule is Cc1ccc(CN(C(=O)CCc2ccccc2Br)C(C)C)o1. The number of nitrogens with zero attached hydrogens (tertiary/aromatic N) is 1. The molecule has 4 heteroatoms. The van der Waals surface area contributed by atoms with Crippen molar-refractivity contribution in [3.8, 4) is 0 Å². The third-order valence-corrected chi connectivity index (χ3v) is 4.41.